The number of hydrogen-bond acceptors (Lipinski definition) is 1. The first kappa shape index (κ1) is 25.9. The quantitative estimate of drug-likeness (QED) is 0.351. The topological polar surface area (TPSA) is 38.0 Å². The van der Waals surface area contributed by atoms with Crippen LogP contribution in [0.15, 0.2) is 0 Å². The van der Waals surface area contributed by atoms with Gasteiger partial charge in [0, 0.05) is 0 Å². The van der Waals surface area contributed by atoms with E-state index < -0.39 is 69.5 Å². The van der Waals surface area contributed by atoms with Crippen LogP contribution in [0.25, 0.3) is 0 Å². The molecule has 0 saturated heterocycles. The molecular weight excluding hydrogens is 489 g/mol. The minimum atomic E-state index is -6.95. The highest BCUT2D eigenvalue weighted by atomic mass is 32.1. The van der Waals surface area contributed by atoms with Crippen LogP contribution in [0, 0.1) is 0 Å². The molecule has 0 radical (unpaired) electrons. The van der Waals surface area contributed by atoms with Crippen LogP contribution >= 0.6 is 12.2 Å². The summed E-state index contributed by atoms with van der Waals surface area (Å²) in [5.41, 5.74) is -18.2. The Kier molecular flexibility index (Phi) is 6.24. The molecule has 0 unspecified atom stereocenters. The van der Waals surface area contributed by atoms with Gasteiger partial charge in [0.2, 0.25) is 0 Å². The predicted molar refractivity (Wildman–Crippen MR) is 71.9 cm³/mol. The van der Waals surface area contributed by atoms with Gasteiger partial charge in [-0.3, -0.25) is 0 Å². The van der Waals surface area contributed by atoms with E-state index in [4.69, 9.17) is 0 Å². The molecule has 18 heteroatoms. The van der Waals surface area contributed by atoms with Crippen molar-refractivity contribution >= 4 is 23.0 Å². The predicted octanol–water partition coefficient (Wildman–Crippen LogP) is 6.44. The molecule has 1 aromatic carbocycles. The summed E-state index contributed by atoms with van der Waals surface area (Å²) in [5, 5.41) is -1.03. The summed E-state index contributed by atoms with van der Waals surface area (Å²) in [6, 6.07) is 0. The molecule has 0 spiro atoms. The minimum Gasteiger partial charge on any atom is -0.376 e. The normalized spacial score (nSPS) is 14.1. The molecular formula is C12H3F15N2S. The average Bonchev–Trinajstić information content (AvgIpc) is 2.38. The van der Waals surface area contributed by atoms with Crippen molar-refractivity contribution < 1.29 is 65.9 Å². The number of thiocarbonyl (C=S) groups is 1. The van der Waals surface area contributed by atoms with Crippen LogP contribution in [0.4, 0.5) is 71.5 Å². The van der Waals surface area contributed by atoms with E-state index in [-0.39, 0.29) is 0 Å². The highest BCUT2D eigenvalue weighted by Gasteiger charge is 2.60. The van der Waals surface area contributed by atoms with Crippen LogP contribution in [0.5, 0.6) is 0 Å². The van der Waals surface area contributed by atoms with Crippen LogP contribution in [0.1, 0.15) is 27.8 Å². The molecule has 0 heterocycles. The maximum atomic E-state index is 13.2. The van der Waals surface area contributed by atoms with E-state index in [1.807, 2.05) is 0 Å². The molecule has 0 fully saturated rings. The Labute approximate surface area is 159 Å². The molecule has 0 bridgehead atoms. The molecule has 3 N–H and O–H groups in total. The van der Waals surface area contributed by atoms with E-state index in [1.165, 1.54) is 0 Å². The minimum absolute atomic E-state index is 0.661. The summed E-state index contributed by atoms with van der Waals surface area (Å²) in [6.45, 7) is 0. The highest BCUT2D eigenvalue weighted by Crippen LogP contribution is 2.58. The molecule has 1 aromatic rings. The molecule has 30 heavy (non-hydrogen) atoms. The molecule has 0 aliphatic carbocycles. The van der Waals surface area contributed by atoms with Crippen molar-refractivity contribution in [1.29, 1.82) is 0 Å². The van der Waals surface area contributed by atoms with Gasteiger partial charge in [-0.25, -0.2) is 0 Å². The Hall–Kier alpha value is -2.14. The average molecular weight is 492 g/mol. The Balaban J connectivity index is 4.74. The summed E-state index contributed by atoms with van der Waals surface area (Å²) in [6.07, 6.45) is -34.0. The highest BCUT2D eigenvalue weighted by molar-refractivity contribution is 7.80. The van der Waals surface area contributed by atoms with Gasteiger partial charge in [-0.15, -0.1) is 0 Å². The summed E-state index contributed by atoms with van der Waals surface area (Å²) in [5.74, 6) is 0. The number of halogens is 15. The standard InChI is InChI=1S/C12H3F15N2S/c13-8(14,15)1-2(9(16,17)18)4(11(22,23)24)6(29-7(28)30)5(12(25,26)27)3(1)10(19,20)21/h(H3,28,29,30). The molecule has 0 aliphatic heterocycles. The second kappa shape index (κ2) is 7.23. The lowest BCUT2D eigenvalue weighted by Crippen LogP contribution is -2.34. The van der Waals surface area contributed by atoms with Crippen LogP contribution < -0.4 is 11.1 Å². The Morgan fingerprint density at radius 3 is 0.867 bits per heavy atom. The van der Waals surface area contributed by atoms with E-state index in [2.05, 4.69) is 18.0 Å². The third kappa shape index (κ3) is 5.12. The fraction of sp³-hybridized carbons (Fsp3) is 0.417. The van der Waals surface area contributed by atoms with Crippen LogP contribution in [0.2, 0.25) is 0 Å². The first-order valence-corrected chi connectivity index (χ1v) is 6.99. The Morgan fingerprint density at radius 2 is 0.700 bits per heavy atom. The second-order valence-electron chi connectivity index (χ2n) is 5.23. The van der Waals surface area contributed by atoms with Gasteiger partial charge in [0.05, 0.1) is 33.5 Å². The van der Waals surface area contributed by atoms with Crippen LogP contribution in [-0.4, -0.2) is 5.11 Å². The zero-order valence-corrected chi connectivity index (χ0v) is 14.0. The Morgan fingerprint density at radius 1 is 0.500 bits per heavy atom. The number of benzene rings is 1. The first-order chi connectivity index (χ1) is 12.9. The lowest BCUT2D eigenvalue weighted by Gasteiger charge is -2.30. The van der Waals surface area contributed by atoms with Crippen molar-refractivity contribution in [2.45, 2.75) is 30.9 Å². The van der Waals surface area contributed by atoms with Gasteiger partial charge < -0.3 is 11.1 Å². The second-order valence-corrected chi connectivity index (χ2v) is 5.67. The van der Waals surface area contributed by atoms with Crippen molar-refractivity contribution in [2.24, 2.45) is 5.73 Å². The summed E-state index contributed by atoms with van der Waals surface area (Å²) in [4.78, 5) is 0. The SMILES string of the molecule is NC(=S)Nc1c(C(F)(F)F)c(C(F)(F)F)c(C(F)(F)F)c(C(F)(F)F)c1C(F)(F)F. The molecule has 0 amide bonds. The van der Waals surface area contributed by atoms with E-state index >= 15 is 0 Å². The van der Waals surface area contributed by atoms with Crippen LogP contribution in [-0.2, 0) is 30.9 Å². The molecule has 2 nitrogen and oxygen atoms in total. The monoisotopic (exact) mass is 492 g/mol. The summed E-state index contributed by atoms with van der Waals surface area (Å²) >= 11 is 3.87. The number of anilines is 1. The van der Waals surface area contributed by atoms with Crippen LogP contribution in [0.3, 0.4) is 0 Å². The largest absolute Gasteiger partial charge is 0.419 e. The van der Waals surface area contributed by atoms with Gasteiger partial charge in [-0.1, -0.05) is 0 Å². The smallest absolute Gasteiger partial charge is 0.376 e. The van der Waals surface area contributed by atoms with Crippen molar-refractivity contribution in [1.82, 2.24) is 0 Å². The molecule has 0 aromatic heterocycles. The van der Waals surface area contributed by atoms with Gasteiger partial charge in [0.25, 0.3) is 0 Å². The zero-order valence-electron chi connectivity index (χ0n) is 13.2. The zero-order chi connectivity index (χ0) is 24.2. The fourth-order valence-electron chi connectivity index (χ4n) is 2.42. The number of nitrogens with one attached hydrogen (secondary N) is 1. The number of rotatable bonds is 1. The van der Waals surface area contributed by atoms with Crippen molar-refractivity contribution in [3.05, 3.63) is 27.8 Å². The number of alkyl halides is 15. The molecule has 0 aliphatic rings. The van der Waals surface area contributed by atoms with Gasteiger partial charge in [-0.05, 0) is 12.2 Å². The van der Waals surface area contributed by atoms with Gasteiger partial charge in [0.1, 0.15) is 0 Å². The lowest BCUT2D eigenvalue weighted by molar-refractivity contribution is -0.188. The van der Waals surface area contributed by atoms with Crippen molar-refractivity contribution in [3.8, 4) is 0 Å². The third-order valence-corrected chi connectivity index (χ3v) is 3.27. The van der Waals surface area contributed by atoms with E-state index in [0.29, 0.717) is 5.32 Å². The Bertz CT molecular complexity index is 785. The maximum Gasteiger partial charge on any atom is 0.419 e. The number of nitrogens with two attached hydrogens (primary N) is 1. The van der Waals surface area contributed by atoms with E-state index in [0.717, 1.165) is 0 Å². The molecule has 0 saturated carbocycles. The fourth-order valence-corrected chi connectivity index (χ4v) is 2.52. The molecule has 1 rings (SSSR count). The summed E-state index contributed by atoms with van der Waals surface area (Å²) in [7, 11) is 0. The summed E-state index contributed by atoms with van der Waals surface area (Å²) < 4.78 is 197. The van der Waals surface area contributed by atoms with Crippen molar-refractivity contribution in [3.63, 3.8) is 0 Å². The van der Waals surface area contributed by atoms with Gasteiger partial charge in [0.15, 0.2) is 5.11 Å². The number of hydrogen-bond donors (Lipinski definition) is 2. The van der Waals surface area contributed by atoms with E-state index in [9.17, 15) is 65.9 Å². The van der Waals surface area contributed by atoms with Gasteiger partial charge in [-0.2, -0.15) is 65.9 Å². The van der Waals surface area contributed by atoms with E-state index in [1.54, 1.807) is 0 Å². The van der Waals surface area contributed by atoms with Crippen molar-refractivity contribution in [2.75, 3.05) is 5.32 Å². The first-order valence-electron chi connectivity index (χ1n) is 6.58. The molecule has 0 atom stereocenters. The maximum absolute atomic E-state index is 13.2. The lowest BCUT2D eigenvalue weighted by atomic mass is 9.87. The third-order valence-electron chi connectivity index (χ3n) is 3.17. The van der Waals surface area contributed by atoms with Gasteiger partial charge >= 0.3 is 30.9 Å². The molecule has 172 valence electrons.